The summed E-state index contributed by atoms with van der Waals surface area (Å²) in [6.07, 6.45) is 0. The Morgan fingerprint density at radius 1 is 0.815 bits per heavy atom. The zero-order valence-electron chi connectivity index (χ0n) is 14.5. The van der Waals surface area contributed by atoms with Gasteiger partial charge in [0, 0.05) is 16.9 Å². The molecule has 0 atom stereocenters. The first-order valence-corrected chi connectivity index (χ1v) is 9.59. The van der Waals surface area contributed by atoms with Gasteiger partial charge in [0.05, 0.1) is 0 Å². The number of hydrogen-bond acceptors (Lipinski definition) is 3. The van der Waals surface area contributed by atoms with Crippen LogP contribution in [0.1, 0.15) is 5.56 Å². The standard InChI is InChI=1S/C20H18N2O4S/c1-14-6-5-9-18(27(24,25)26)19(14)15-10-12-17(13-11-15)22-20(23)21-16-7-3-2-4-8-16/h2-13H,1H3,(H2,21,22,23)(H,24,25,26). The van der Waals surface area contributed by atoms with E-state index in [1.165, 1.54) is 6.07 Å². The summed E-state index contributed by atoms with van der Waals surface area (Å²) in [6, 6.07) is 20.1. The second-order valence-electron chi connectivity index (χ2n) is 5.95. The average Bonchev–Trinajstić information content (AvgIpc) is 2.62. The molecule has 3 aromatic carbocycles. The van der Waals surface area contributed by atoms with Crippen LogP contribution in [0.15, 0.2) is 77.7 Å². The Kier molecular flexibility index (Phi) is 5.25. The lowest BCUT2D eigenvalue weighted by molar-refractivity contribution is 0.262. The summed E-state index contributed by atoms with van der Waals surface area (Å²) in [7, 11) is -4.35. The maximum Gasteiger partial charge on any atom is 0.323 e. The molecule has 0 saturated carbocycles. The molecule has 0 bridgehead atoms. The van der Waals surface area contributed by atoms with Gasteiger partial charge in [-0.3, -0.25) is 4.55 Å². The van der Waals surface area contributed by atoms with Crippen molar-refractivity contribution in [3.8, 4) is 11.1 Å². The Labute approximate surface area is 157 Å². The van der Waals surface area contributed by atoms with Crippen LogP contribution in [-0.2, 0) is 10.1 Å². The number of anilines is 2. The van der Waals surface area contributed by atoms with Crippen LogP contribution in [0.4, 0.5) is 16.2 Å². The molecule has 0 radical (unpaired) electrons. The van der Waals surface area contributed by atoms with Gasteiger partial charge in [-0.05, 0) is 48.4 Å². The van der Waals surface area contributed by atoms with Crippen LogP contribution < -0.4 is 10.6 Å². The van der Waals surface area contributed by atoms with Crippen LogP contribution in [0.5, 0.6) is 0 Å². The van der Waals surface area contributed by atoms with Crippen LogP contribution in [0.25, 0.3) is 11.1 Å². The van der Waals surface area contributed by atoms with Crippen molar-refractivity contribution in [2.24, 2.45) is 0 Å². The number of hydrogen-bond donors (Lipinski definition) is 3. The van der Waals surface area contributed by atoms with Crippen molar-refractivity contribution in [2.45, 2.75) is 11.8 Å². The Balaban J connectivity index is 1.82. The van der Waals surface area contributed by atoms with Crippen molar-refractivity contribution < 1.29 is 17.8 Å². The minimum Gasteiger partial charge on any atom is -0.308 e. The third-order valence-electron chi connectivity index (χ3n) is 3.98. The first-order valence-electron chi connectivity index (χ1n) is 8.15. The molecular formula is C20H18N2O4S. The summed E-state index contributed by atoms with van der Waals surface area (Å²) in [6.45, 7) is 1.77. The number of carbonyl (C=O) groups is 1. The van der Waals surface area contributed by atoms with Crippen molar-refractivity contribution in [1.29, 1.82) is 0 Å². The highest BCUT2D eigenvalue weighted by Crippen LogP contribution is 2.31. The van der Waals surface area contributed by atoms with Crippen molar-refractivity contribution >= 4 is 27.5 Å². The van der Waals surface area contributed by atoms with E-state index in [1.54, 1.807) is 55.5 Å². The number of urea groups is 1. The quantitative estimate of drug-likeness (QED) is 0.577. The molecule has 0 heterocycles. The van der Waals surface area contributed by atoms with Gasteiger partial charge in [-0.25, -0.2) is 4.79 Å². The molecule has 0 aliphatic rings. The monoisotopic (exact) mass is 382 g/mol. The van der Waals surface area contributed by atoms with Gasteiger partial charge in [0.2, 0.25) is 0 Å². The normalized spacial score (nSPS) is 11.0. The minimum atomic E-state index is -4.35. The number of nitrogens with one attached hydrogen (secondary N) is 2. The minimum absolute atomic E-state index is 0.148. The molecular weight excluding hydrogens is 364 g/mol. The molecule has 0 aliphatic carbocycles. The van der Waals surface area contributed by atoms with E-state index in [0.29, 0.717) is 28.1 Å². The van der Waals surface area contributed by atoms with E-state index in [4.69, 9.17) is 0 Å². The molecule has 0 fully saturated rings. The molecule has 0 aromatic heterocycles. The lowest BCUT2D eigenvalue weighted by Crippen LogP contribution is -2.19. The topological polar surface area (TPSA) is 95.5 Å². The van der Waals surface area contributed by atoms with E-state index < -0.39 is 10.1 Å². The maximum absolute atomic E-state index is 12.0. The van der Waals surface area contributed by atoms with E-state index in [2.05, 4.69) is 10.6 Å². The second-order valence-corrected chi connectivity index (χ2v) is 7.34. The molecule has 2 amide bonds. The highest BCUT2D eigenvalue weighted by atomic mass is 32.2. The second kappa shape index (κ2) is 7.61. The first-order chi connectivity index (χ1) is 12.8. The zero-order chi connectivity index (χ0) is 19.4. The van der Waals surface area contributed by atoms with Crippen molar-refractivity contribution in [1.82, 2.24) is 0 Å². The largest absolute Gasteiger partial charge is 0.323 e. The smallest absolute Gasteiger partial charge is 0.308 e. The Bertz CT molecular complexity index is 1060. The predicted molar refractivity (Wildman–Crippen MR) is 106 cm³/mol. The van der Waals surface area contributed by atoms with E-state index in [0.717, 1.165) is 0 Å². The fourth-order valence-corrected chi connectivity index (χ4v) is 3.55. The number of carbonyl (C=O) groups excluding carboxylic acids is 1. The van der Waals surface area contributed by atoms with E-state index >= 15 is 0 Å². The number of aryl methyl sites for hydroxylation is 1. The summed E-state index contributed by atoms with van der Waals surface area (Å²) in [5.74, 6) is 0. The van der Waals surface area contributed by atoms with Crippen LogP contribution in [0.2, 0.25) is 0 Å². The van der Waals surface area contributed by atoms with Crippen LogP contribution in [0.3, 0.4) is 0 Å². The molecule has 3 N–H and O–H groups in total. The summed E-state index contributed by atoms with van der Waals surface area (Å²) >= 11 is 0. The van der Waals surface area contributed by atoms with Crippen LogP contribution >= 0.6 is 0 Å². The average molecular weight is 382 g/mol. The lowest BCUT2D eigenvalue weighted by Gasteiger charge is -2.12. The van der Waals surface area contributed by atoms with Gasteiger partial charge in [-0.15, -0.1) is 0 Å². The van der Waals surface area contributed by atoms with Gasteiger partial charge in [0.25, 0.3) is 10.1 Å². The van der Waals surface area contributed by atoms with Gasteiger partial charge in [-0.2, -0.15) is 8.42 Å². The van der Waals surface area contributed by atoms with Crippen molar-refractivity contribution in [3.05, 3.63) is 78.4 Å². The molecule has 27 heavy (non-hydrogen) atoms. The summed E-state index contributed by atoms with van der Waals surface area (Å²) in [5.41, 5.74) is 2.99. The van der Waals surface area contributed by atoms with Gasteiger partial charge >= 0.3 is 6.03 Å². The highest BCUT2D eigenvalue weighted by molar-refractivity contribution is 7.86. The lowest BCUT2D eigenvalue weighted by atomic mass is 10.0. The summed E-state index contributed by atoms with van der Waals surface area (Å²) in [5, 5.41) is 5.42. The SMILES string of the molecule is Cc1cccc(S(=O)(=O)O)c1-c1ccc(NC(=O)Nc2ccccc2)cc1. The van der Waals surface area contributed by atoms with E-state index in [1.807, 2.05) is 18.2 Å². The molecule has 0 aliphatic heterocycles. The Morgan fingerprint density at radius 2 is 1.41 bits per heavy atom. The van der Waals surface area contributed by atoms with Gasteiger partial charge in [0.1, 0.15) is 4.90 Å². The Morgan fingerprint density at radius 3 is 2.00 bits per heavy atom. The van der Waals surface area contributed by atoms with Gasteiger partial charge < -0.3 is 10.6 Å². The summed E-state index contributed by atoms with van der Waals surface area (Å²) in [4.78, 5) is 11.9. The first kappa shape index (κ1) is 18.6. The molecule has 3 rings (SSSR count). The number of amides is 2. The highest BCUT2D eigenvalue weighted by Gasteiger charge is 2.18. The Hall–Kier alpha value is -3.16. The fourth-order valence-electron chi connectivity index (χ4n) is 2.76. The summed E-state index contributed by atoms with van der Waals surface area (Å²) < 4.78 is 32.8. The molecule has 7 heteroatoms. The molecule has 0 saturated heterocycles. The third kappa shape index (κ3) is 4.52. The van der Waals surface area contributed by atoms with Crippen molar-refractivity contribution in [3.63, 3.8) is 0 Å². The van der Waals surface area contributed by atoms with Crippen LogP contribution in [-0.4, -0.2) is 19.0 Å². The molecule has 0 spiro atoms. The fraction of sp³-hybridized carbons (Fsp3) is 0.0500. The third-order valence-corrected chi connectivity index (χ3v) is 4.87. The van der Waals surface area contributed by atoms with E-state index in [9.17, 15) is 17.8 Å². The number of para-hydroxylation sites is 1. The van der Waals surface area contributed by atoms with Gasteiger partial charge in [0.15, 0.2) is 0 Å². The maximum atomic E-state index is 12.0. The predicted octanol–water partition coefficient (Wildman–Crippen LogP) is 4.55. The molecule has 138 valence electrons. The van der Waals surface area contributed by atoms with E-state index in [-0.39, 0.29) is 10.9 Å². The van der Waals surface area contributed by atoms with Crippen molar-refractivity contribution in [2.75, 3.05) is 10.6 Å². The number of rotatable bonds is 4. The molecule has 3 aromatic rings. The molecule has 6 nitrogen and oxygen atoms in total. The zero-order valence-corrected chi connectivity index (χ0v) is 15.3. The number of benzene rings is 3. The van der Waals surface area contributed by atoms with Gasteiger partial charge in [-0.1, -0.05) is 42.5 Å². The molecule has 0 unspecified atom stereocenters. The van der Waals surface area contributed by atoms with Crippen LogP contribution in [0, 0.1) is 6.92 Å².